The third kappa shape index (κ3) is 9.49. The first-order valence-electron chi connectivity index (χ1n) is 13.6. The molecule has 0 aliphatic heterocycles. The van der Waals surface area contributed by atoms with Gasteiger partial charge in [-0.15, -0.1) is 0 Å². The van der Waals surface area contributed by atoms with Crippen LogP contribution in [0.2, 0.25) is 0 Å². The normalized spacial score (nSPS) is 12.7. The van der Waals surface area contributed by atoms with E-state index in [-0.39, 0.29) is 42.2 Å². The number of carboxylic acid groups (broad SMARTS) is 1. The minimum Gasteiger partial charge on any atom is -0.489 e. The molecule has 11 heteroatoms. The van der Waals surface area contributed by atoms with Crippen LogP contribution in [0.4, 0.5) is 26.3 Å². The molecule has 3 rings (SSSR count). The van der Waals surface area contributed by atoms with Gasteiger partial charge in [-0.2, -0.15) is 26.3 Å². The van der Waals surface area contributed by atoms with E-state index in [1.54, 1.807) is 0 Å². The first-order valence-corrected chi connectivity index (χ1v) is 13.6. The average Bonchev–Trinajstić information content (AvgIpc) is 2.88. The number of alkyl halides is 6. The second-order valence-electron chi connectivity index (χ2n) is 10.9. The molecule has 0 spiro atoms. The summed E-state index contributed by atoms with van der Waals surface area (Å²) >= 11 is 0. The van der Waals surface area contributed by atoms with E-state index < -0.39 is 47.5 Å². The molecule has 3 aromatic carbocycles. The molecule has 43 heavy (non-hydrogen) atoms. The fraction of sp³-hybridized carbons (Fsp3) is 0.375. The Bertz CT molecular complexity index is 1440. The van der Waals surface area contributed by atoms with Crippen molar-refractivity contribution in [2.45, 2.75) is 72.0 Å². The Morgan fingerprint density at radius 2 is 1.49 bits per heavy atom. The minimum atomic E-state index is -5.06. The van der Waals surface area contributed by atoms with Gasteiger partial charge in [0.1, 0.15) is 12.4 Å². The Morgan fingerprint density at radius 3 is 2.05 bits per heavy atom. The lowest BCUT2D eigenvalue weighted by atomic mass is 9.93. The number of carboxylic acids is 1. The van der Waals surface area contributed by atoms with Gasteiger partial charge in [0.05, 0.1) is 17.2 Å². The van der Waals surface area contributed by atoms with Gasteiger partial charge in [0.15, 0.2) is 0 Å². The predicted molar refractivity (Wildman–Crippen MR) is 149 cm³/mol. The van der Waals surface area contributed by atoms with E-state index in [1.807, 2.05) is 45.9 Å². The molecule has 0 aliphatic rings. The van der Waals surface area contributed by atoms with Crippen molar-refractivity contribution in [1.82, 2.24) is 5.32 Å². The zero-order valence-electron chi connectivity index (χ0n) is 24.1. The molecule has 1 unspecified atom stereocenters. The Kier molecular flexibility index (Phi) is 10.5. The van der Waals surface area contributed by atoms with E-state index in [0.717, 1.165) is 16.7 Å². The maximum absolute atomic E-state index is 13.6. The highest BCUT2D eigenvalue weighted by atomic mass is 19.4. The van der Waals surface area contributed by atoms with Gasteiger partial charge in [-0.05, 0) is 68.0 Å². The van der Waals surface area contributed by atoms with Crippen molar-refractivity contribution < 1.29 is 45.8 Å². The lowest BCUT2D eigenvalue weighted by Crippen LogP contribution is -2.30. The maximum Gasteiger partial charge on any atom is 0.416 e. The number of carbonyl (C=O) groups is 2. The molecule has 0 bridgehead atoms. The standard InChI is InChI=1S/C32H33F6NO4/c1-18(2)11-28(23-13-19(3)12-20(4)14-23)39-30(42)26-16-25(9-6-21(26)7-10-29(40)41)43-17-22-5-8-24(31(33,34)35)15-27(22)32(36,37)38/h5-6,8-9,12-16,18,28H,7,10-11,17H2,1-4H3,(H,39,42)(H,40,41). The summed E-state index contributed by atoms with van der Waals surface area (Å²) < 4.78 is 85.4. The van der Waals surface area contributed by atoms with Crippen molar-refractivity contribution >= 4 is 11.9 Å². The average molecular weight is 610 g/mol. The van der Waals surface area contributed by atoms with Gasteiger partial charge in [-0.1, -0.05) is 55.3 Å². The second kappa shape index (κ2) is 13.5. The molecule has 232 valence electrons. The fourth-order valence-electron chi connectivity index (χ4n) is 4.82. The number of aliphatic carboxylic acids is 1. The van der Waals surface area contributed by atoms with E-state index >= 15 is 0 Å². The van der Waals surface area contributed by atoms with E-state index in [0.29, 0.717) is 24.1 Å². The number of ether oxygens (including phenoxy) is 1. The topological polar surface area (TPSA) is 75.6 Å². The monoisotopic (exact) mass is 609 g/mol. The van der Waals surface area contributed by atoms with Crippen molar-refractivity contribution in [2.75, 3.05) is 0 Å². The van der Waals surface area contributed by atoms with Gasteiger partial charge in [-0.25, -0.2) is 0 Å². The zero-order chi connectivity index (χ0) is 32.1. The fourth-order valence-corrected chi connectivity index (χ4v) is 4.82. The number of carbonyl (C=O) groups excluding carboxylic acids is 1. The van der Waals surface area contributed by atoms with Crippen LogP contribution in [-0.4, -0.2) is 17.0 Å². The van der Waals surface area contributed by atoms with E-state index in [2.05, 4.69) is 5.32 Å². The number of aryl methyl sites for hydroxylation is 3. The number of rotatable bonds is 11. The summed E-state index contributed by atoms with van der Waals surface area (Å²) in [6, 6.07) is 11.0. The third-order valence-corrected chi connectivity index (χ3v) is 6.73. The summed E-state index contributed by atoms with van der Waals surface area (Å²) in [5.74, 6) is -1.41. The highest BCUT2D eigenvalue weighted by molar-refractivity contribution is 5.96. The first-order chi connectivity index (χ1) is 19.9. The summed E-state index contributed by atoms with van der Waals surface area (Å²) in [6.45, 7) is 7.17. The SMILES string of the molecule is Cc1cc(C)cc(C(CC(C)C)NC(=O)c2cc(OCc3ccc(C(F)(F)F)cc3C(F)(F)F)ccc2CCC(=O)O)c1. The summed E-state index contributed by atoms with van der Waals surface area (Å²) in [6.07, 6.45) is -9.69. The lowest BCUT2D eigenvalue weighted by molar-refractivity contribution is -0.143. The molecule has 2 N–H and O–H groups in total. The quantitative estimate of drug-likeness (QED) is 0.214. The van der Waals surface area contributed by atoms with Crippen molar-refractivity contribution in [1.29, 1.82) is 0 Å². The summed E-state index contributed by atoms with van der Waals surface area (Å²) in [5, 5.41) is 12.2. The largest absolute Gasteiger partial charge is 0.489 e. The van der Waals surface area contributed by atoms with Crippen LogP contribution in [0.1, 0.15) is 82.0 Å². The van der Waals surface area contributed by atoms with Gasteiger partial charge in [0.25, 0.3) is 5.91 Å². The smallest absolute Gasteiger partial charge is 0.416 e. The van der Waals surface area contributed by atoms with Crippen molar-refractivity contribution in [3.8, 4) is 5.75 Å². The van der Waals surface area contributed by atoms with E-state index in [4.69, 9.17) is 4.74 Å². The van der Waals surface area contributed by atoms with Gasteiger partial charge in [0.2, 0.25) is 0 Å². The Balaban J connectivity index is 1.95. The number of benzene rings is 3. The molecule has 0 saturated carbocycles. The summed E-state index contributed by atoms with van der Waals surface area (Å²) in [4.78, 5) is 24.9. The molecule has 1 amide bonds. The Hall–Kier alpha value is -4.02. The molecule has 0 aliphatic carbocycles. The van der Waals surface area contributed by atoms with Crippen LogP contribution in [0.25, 0.3) is 0 Å². The van der Waals surface area contributed by atoms with Crippen LogP contribution in [-0.2, 0) is 30.2 Å². The zero-order valence-corrected chi connectivity index (χ0v) is 24.1. The van der Waals surface area contributed by atoms with Gasteiger partial charge >= 0.3 is 18.3 Å². The van der Waals surface area contributed by atoms with Gasteiger partial charge < -0.3 is 15.2 Å². The van der Waals surface area contributed by atoms with Crippen LogP contribution >= 0.6 is 0 Å². The van der Waals surface area contributed by atoms with Crippen LogP contribution in [0.15, 0.2) is 54.6 Å². The maximum atomic E-state index is 13.6. The molecular weight excluding hydrogens is 576 g/mol. The molecular formula is C32H33F6NO4. The number of halogens is 6. The lowest BCUT2D eigenvalue weighted by Gasteiger charge is -2.23. The van der Waals surface area contributed by atoms with Crippen LogP contribution < -0.4 is 10.1 Å². The van der Waals surface area contributed by atoms with Crippen molar-refractivity contribution in [2.24, 2.45) is 5.92 Å². The molecule has 0 radical (unpaired) electrons. The van der Waals surface area contributed by atoms with E-state index in [9.17, 15) is 41.0 Å². The summed E-state index contributed by atoms with van der Waals surface area (Å²) in [7, 11) is 0. The second-order valence-corrected chi connectivity index (χ2v) is 10.9. The van der Waals surface area contributed by atoms with Crippen LogP contribution in [0.3, 0.4) is 0 Å². The number of hydrogen-bond donors (Lipinski definition) is 2. The number of amides is 1. The van der Waals surface area contributed by atoms with Gasteiger partial charge in [-0.3, -0.25) is 9.59 Å². The van der Waals surface area contributed by atoms with Crippen molar-refractivity contribution in [3.05, 3.63) is 99.1 Å². The summed E-state index contributed by atoms with van der Waals surface area (Å²) in [5.41, 5.74) is -0.0568. The molecule has 5 nitrogen and oxygen atoms in total. The molecule has 0 heterocycles. The molecule has 0 fully saturated rings. The number of hydrogen-bond acceptors (Lipinski definition) is 3. The minimum absolute atomic E-state index is 0.00783. The highest BCUT2D eigenvalue weighted by Crippen LogP contribution is 2.38. The van der Waals surface area contributed by atoms with Crippen LogP contribution in [0, 0.1) is 19.8 Å². The Morgan fingerprint density at radius 1 is 0.860 bits per heavy atom. The predicted octanol–water partition coefficient (Wildman–Crippen LogP) is 8.45. The van der Waals surface area contributed by atoms with Gasteiger partial charge in [0, 0.05) is 17.5 Å². The molecule has 1 atom stereocenters. The molecule has 0 saturated heterocycles. The van der Waals surface area contributed by atoms with Crippen LogP contribution in [0.5, 0.6) is 5.75 Å². The number of nitrogens with one attached hydrogen (secondary N) is 1. The van der Waals surface area contributed by atoms with Crippen molar-refractivity contribution in [3.63, 3.8) is 0 Å². The highest BCUT2D eigenvalue weighted by Gasteiger charge is 2.38. The molecule has 0 aromatic heterocycles. The van der Waals surface area contributed by atoms with E-state index in [1.165, 1.54) is 18.2 Å². The Labute approximate surface area is 245 Å². The third-order valence-electron chi connectivity index (χ3n) is 6.73. The molecule has 3 aromatic rings. The first kappa shape index (κ1) is 33.5.